The predicted octanol–water partition coefficient (Wildman–Crippen LogP) is 4.36. The summed E-state index contributed by atoms with van der Waals surface area (Å²) >= 11 is 0.464. The fraction of sp³-hybridized carbons (Fsp3) is 0.438. The van der Waals surface area contributed by atoms with Gasteiger partial charge in [-0.1, -0.05) is 0 Å². The van der Waals surface area contributed by atoms with E-state index in [1.54, 1.807) is 4.44 Å². The molecule has 2 heterocycles. The second-order valence-corrected chi connectivity index (χ2v) is 7.79. The third kappa shape index (κ3) is 2.76. The number of aryl methyl sites for hydroxylation is 1. The van der Waals surface area contributed by atoms with Crippen molar-refractivity contribution < 1.29 is 0 Å². The van der Waals surface area contributed by atoms with Gasteiger partial charge in [0.15, 0.2) is 0 Å². The topological polar surface area (TPSA) is 12.9 Å². The summed E-state index contributed by atoms with van der Waals surface area (Å²) in [5.74, 6) is 1.21. The van der Waals surface area contributed by atoms with Gasteiger partial charge < -0.3 is 0 Å². The molecule has 0 fully saturated rings. The summed E-state index contributed by atoms with van der Waals surface area (Å²) in [6, 6.07) is 6.84. The predicted molar refractivity (Wildman–Crippen MR) is 79.5 cm³/mol. The van der Waals surface area contributed by atoms with Gasteiger partial charge in [-0.05, 0) is 0 Å². The molecule has 0 saturated heterocycles. The number of hydrogen-bond acceptors (Lipinski definition) is 1. The van der Waals surface area contributed by atoms with E-state index in [0.717, 1.165) is 0 Å². The maximum absolute atomic E-state index is 4.69. The van der Waals surface area contributed by atoms with Gasteiger partial charge in [0.1, 0.15) is 0 Å². The zero-order valence-corrected chi connectivity index (χ0v) is 13.5. The molecular formula is C16H21NSe. The van der Waals surface area contributed by atoms with E-state index in [0.29, 0.717) is 26.3 Å². The van der Waals surface area contributed by atoms with E-state index in [4.69, 9.17) is 0 Å². The first-order valence-corrected chi connectivity index (χ1v) is 8.27. The standard InChI is InChI=1S/C16H21NSe/c1-10(2)13-8-12(5)16(17-9-13)15-7-6-14(18-15)11(3)4/h6-11H,1-5H3. The molecule has 0 atom stereocenters. The zero-order valence-electron chi connectivity index (χ0n) is 11.8. The summed E-state index contributed by atoms with van der Waals surface area (Å²) in [4.78, 5) is 4.69. The Kier molecular flexibility index (Phi) is 4.09. The molecule has 0 spiro atoms. The fourth-order valence-corrected chi connectivity index (χ4v) is 4.21. The van der Waals surface area contributed by atoms with Crippen molar-refractivity contribution in [2.75, 3.05) is 0 Å². The van der Waals surface area contributed by atoms with E-state index >= 15 is 0 Å². The molecule has 1 nitrogen and oxygen atoms in total. The molecular weight excluding hydrogens is 285 g/mol. The monoisotopic (exact) mass is 307 g/mol. The molecule has 2 rings (SSSR count). The van der Waals surface area contributed by atoms with Crippen molar-refractivity contribution in [1.29, 1.82) is 0 Å². The molecule has 0 bridgehead atoms. The summed E-state index contributed by atoms with van der Waals surface area (Å²) in [6.07, 6.45) is 2.04. The van der Waals surface area contributed by atoms with E-state index in [2.05, 4.69) is 57.8 Å². The van der Waals surface area contributed by atoms with Gasteiger partial charge in [-0.2, -0.15) is 0 Å². The second-order valence-electron chi connectivity index (χ2n) is 5.45. The first-order valence-electron chi connectivity index (χ1n) is 6.55. The minimum absolute atomic E-state index is 0.464. The van der Waals surface area contributed by atoms with Gasteiger partial charge >= 0.3 is 116 Å². The van der Waals surface area contributed by atoms with Crippen LogP contribution in [0.5, 0.6) is 0 Å². The number of hydrogen-bond donors (Lipinski definition) is 0. The van der Waals surface area contributed by atoms with Crippen molar-refractivity contribution >= 4 is 14.5 Å². The van der Waals surface area contributed by atoms with Crippen LogP contribution in [0.2, 0.25) is 0 Å². The van der Waals surface area contributed by atoms with Gasteiger partial charge in [-0.15, -0.1) is 0 Å². The molecule has 0 unspecified atom stereocenters. The summed E-state index contributed by atoms with van der Waals surface area (Å²) in [7, 11) is 0. The van der Waals surface area contributed by atoms with Crippen LogP contribution in [0, 0.1) is 6.92 Å². The molecule has 0 N–H and O–H groups in total. The van der Waals surface area contributed by atoms with Crippen LogP contribution in [-0.4, -0.2) is 19.5 Å². The van der Waals surface area contributed by atoms with Gasteiger partial charge in [0.2, 0.25) is 0 Å². The second kappa shape index (κ2) is 5.42. The summed E-state index contributed by atoms with van der Waals surface area (Å²) in [6.45, 7) is 11.2. The molecule has 0 aliphatic rings. The molecule has 0 aliphatic heterocycles. The number of pyridine rings is 1. The quantitative estimate of drug-likeness (QED) is 0.768. The molecule has 96 valence electrons. The molecule has 0 aromatic carbocycles. The Morgan fingerprint density at radius 3 is 2.28 bits per heavy atom. The van der Waals surface area contributed by atoms with Crippen molar-refractivity contribution in [1.82, 2.24) is 4.98 Å². The molecule has 18 heavy (non-hydrogen) atoms. The van der Waals surface area contributed by atoms with Gasteiger partial charge in [-0.3, -0.25) is 0 Å². The Morgan fingerprint density at radius 1 is 1.06 bits per heavy atom. The minimum atomic E-state index is 0.464. The number of rotatable bonds is 3. The maximum atomic E-state index is 4.69. The number of nitrogens with zero attached hydrogens (tertiary/aromatic N) is 1. The van der Waals surface area contributed by atoms with Crippen LogP contribution < -0.4 is 0 Å². The van der Waals surface area contributed by atoms with E-state index < -0.39 is 0 Å². The molecule has 2 aromatic heterocycles. The normalized spacial score (nSPS) is 11.5. The van der Waals surface area contributed by atoms with Crippen molar-refractivity contribution in [3.63, 3.8) is 0 Å². The van der Waals surface area contributed by atoms with Crippen LogP contribution in [0.4, 0.5) is 0 Å². The molecule has 0 radical (unpaired) electrons. The van der Waals surface area contributed by atoms with Crippen LogP contribution in [0.1, 0.15) is 55.1 Å². The van der Waals surface area contributed by atoms with E-state index in [1.165, 1.54) is 21.3 Å². The van der Waals surface area contributed by atoms with Crippen LogP contribution >= 0.6 is 0 Å². The average molecular weight is 306 g/mol. The Bertz CT molecular complexity index is 538. The van der Waals surface area contributed by atoms with E-state index in [1.807, 2.05) is 6.20 Å². The molecule has 0 aliphatic carbocycles. The number of aromatic nitrogens is 1. The Balaban J connectivity index is 2.38. The third-order valence-electron chi connectivity index (χ3n) is 3.20. The van der Waals surface area contributed by atoms with Crippen molar-refractivity contribution in [3.05, 3.63) is 40.0 Å². The van der Waals surface area contributed by atoms with Crippen molar-refractivity contribution in [3.8, 4) is 10.1 Å². The third-order valence-corrected chi connectivity index (χ3v) is 6.12. The Hall–Kier alpha value is -0.851. The van der Waals surface area contributed by atoms with Crippen LogP contribution in [0.25, 0.3) is 10.1 Å². The first kappa shape index (κ1) is 13.6. The van der Waals surface area contributed by atoms with Gasteiger partial charge in [0, 0.05) is 0 Å². The summed E-state index contributed by atoms with van der Waals surface area (Å²) < 4.78 is 3.01. The SMILES string of the molecule is Cc1cc(C(C)C)cnc1-c1ccc(C(C)C)[se]1. The van der Waals surface area contributed by atoms with Crippen LogP contribution in [0.15, 0.2) is 24.4 Å². The Labute approximate surface area is 116 Å². The molecule has 2 aromatic rings. The average Bonchev–Trinajstić information content (AvgIpc) is 2.78. The zero-order chi connectivity index (χ0) is 13.3. The summed E-state index contributed by atoms with van der Waals surface area (Å²) in [5.41, 5.74) is 3.85. The van der Waals surface area contributed by atoms with Gasteiger partial charge in [0.05, 0.1) is 0 Å². The Morgan fingerprint density at radius 2 is 1.78 bits per heavy atom. The van der Waals surface area contributed by atoms with Gasteiger partial charge in [0.25, 0.3) is 0 Å². The first-order chi connectivity index (χ1) is 8.49. The van der Waals surface area contributed by atoms with Crippen LogP contribution in [-0.2, 0) is 0 Å². The molecule has 2 heteroatoms. The van der Waals surface area contributed by atoms with Crippen molar-refractivity contribution in [2.45, 2.75) is 46.5 Å². The molecule has 0 saturated carbocycles. The van der Waals surface area contributed by atoms with E-state index in [9.17, 15) is 0 Å². The summed E-state index contributed by atoms with van der Waals surface area (Å²) in [5, 5.41) is 0. The van der Waals surface area contributed by atoms with Gasteiger partial charge in [-0.25, -0.2) is 0 Å². The van der Waals surface area contributed by atoms with E-state index in [-0.39, 0.29) is 0 Å². The van der Waals surface area contributed by atoms with Crippen LogP contribution in [0.3, 0.4) is 0 Å². The fourth-order valence-electron chi connectivity index (χ4n) is 1.96. The molecule has 0 amide bonds. The van der Waals surface area contributed by atoms with Crippen molar-refractivity contribution in [2.24, 2.45) is 0 Å².